The summed E-state index contributed by atoms with van der Waals surface area (Å²) in [6, 6.07) is 3.67. The van der Waals surface area contributed by atoms with Crippen LogP contribution in [0.3, 0.4) is 0 Å². The van der Waals surface area contributed by atoms with Gasteiger partial charge in [0.1, 0.15) is 0 Å². The monoisotopic (exact) mass is 235 g/mol. The summed E-state index contributed by atoms with van der Waals surface area (Å²) in [4.78, 5) is 11.7. The molecule has 1 aliphatic rings. The molecule has 1 atom stereocenters. The van der Waals surface area contributed by atoms with E-state index in [1.807, 2.05) is 13.0 Å². The Kier molecular flexibility index (Phi) is 3.61. The molecular weight excluding hydrogens is 218 g/mol. The van der Waals surface area contributed by atoms with Crippen molar-refractivity contribution in [3.05, 3.63) is 34.8 Å². The smallest absolute Gasteiger partial charge is 0.309 e. The molecule has 0 aromatic carbocycles. The number of pyridine rings is 1. The number of carbonyl (C=O) groups excluding carboxylic acids is 1. The molecule has 0 amide bonds. The fourth-order valence-corrected chi connectivity index (χ4v) is 2.37. The molecule has 1 aromatic rings. The first-order valence-corrected chi connectivity index (χ1v) is 6.09. The van der Waals surface area contributed by atoms with E-state index in [1.54, 1.807) is 6.07 Å². The molecule has 2 rings (SSSR count). The summed E-state index contributed by atoms with van der Waals surface area (Å²) >= 11 is 0. The molecule has 0 spiro atoms. The Labute approximate surface area is 101 Å². The van der Waals surface area contributed by atoms with Gasteiger partial charge in [-0.05, 0) is 32.3 Å². The number of hydrogen-bond acceptors (Lipinski definition) is 3. The predicted octanol–water partition coefficient (Wildman–Crippen LogP) is 1.38. The van der Waals surface area contributed by atoms with Crippen molar-refractivity contribution in [2.24, 2.45) is 5.92 Å². The standard InChI is InChI=1S/C13H17NO3/c1-2-17-13(15)11-5-3-7-12-10(9-11)6-4-8-14(12)16/h4,6,8,11H,2-3,5,7,9H2,1H3. The fourth-order valence-electron chi connectivity index (χ4n) is 2.37. The molecule has 0 fully saturated rings. The minimum absolute atomic E-state index is 0.0985. The summed E-state index contributed by atoms with van der Waals surface area (Å²) in [6.45, 7) is 2.23. The van der Waals surface area contributed by atoms with Gasteiger partial charge in [0.2, 0.25) is 0 Å². The van der Waals surface area contributed by atoms with Crippen molar-refractivity contribution in [1.29, 1.82) is 0 Å². The zero-order chi connectivity index (χ0) is 12.3. The minimum atomic E-state index is -0.137. The third-order valence-corrected chi connectivity index (χ3v) is 3.21. The van der Waals surface area contributed by atoms with E-state index >= 15 is 0 Å². The molecule has 0 saturated heterocycles. The maximum absolute atomic E-state index is 11.7. The Hall–Kier alpha value is -1.58. The molecule has 0 radical (unpaired) electrons. The normalized spacial score (nSPS) is 19.2. The molecule has 0 bridgehead atoms. The third kappa shape index (κ3) is 2.57. The predicted molar refractivity (Wildman–Crippen MR) is 62.2 cm³/mol. The molecule has 0 saturated carbocycles. The van der Waals surface area contributed by atoms with Gasteiger partial charge in [-0.15, -0.1) is 0 Å². The second kappa shape index (κ2) is 5.17. The first-order valence-electron chi connectivity index (χ1n) is 6.09. The fraction of sp³-hybridized carbons (Fsp3) is 0.538. The first-order chi connectivity index (χ1) is 8.22. The Morgan fingerprint density at radius 3 is 3.24 bits per heavy atom. The van der Waals surface area contributed by atoms with Crippen molar-refractivity contribution in [2.75, 3.05) is 6.61 Å². The lowest BCUT2D eigenvalue weighted by Crippen LogP contribution is -2.32. The lowest BCUT2D eigenvalue weighted by Gasteiger charge is -2.12. The van der Waals surface area contributed by atoms with Crippen molar-refractivity contribution in [3.8, 4) is 0 Å². The van der Waals surface area contributed by atoms with E-state index in [-0.39, 0.29) is 11.9 Å². The SMILES string of the molecule is CCOC(=O)C1CCCc2c(ccc[n+]2[O-])C1. The Morgan fingerprint density at radius 2 is 2.47 bits per heavy atom. The van der Waals surface area contributed by atoms with Crippen LogP contribution in [0.2, 0.25) is 0 Å². The summed E-state index contributed by atoms with van der Waals surface area (Å²) in [6.07, 6.45) is 4.55. The number of fused-ring (bicyclic) bond motifs is 1. The number of ether oxygens (including phenoxy) is 1. The van der Waals surface area contributed by atoms with Crippen LogP contribution in [0.25, 0.3) is 0 Å². The van der Waals surface area contributed by atoms with E-state index in [9.17, 15) is 10.0 Å². The van der Waals surface area contributed by atoms with Crippen LogP contribution in [0.15, 0.2) is 18.3 Å². The van der Waals surface area contributed by atoms with Crippen molar-refractivity contribution in [1.82, 2.24) is 0 Å². The highest BCUT2D eigenvalue weighted by Crippen LogP contribution is 2.23. The van der Waals surface area contributed by atoms with Crippen LogP contribution in [0, 0.1) is 11.1 Å². The van der Waals surface area contributed by atoms with Crippen molar-refractivity contribution in [3.63, 3.8) is 0 Å². The van der Waals surface area contributed by atoms with Crippen LogP contribution >= 0.6 is 0 Å². The second-order valence-electron chi connectivity index (χ2n) is 4.35. The van der Waals surface area contributed by atoms with Crippen LogP contribution in [-0.4, -0.2) is 12.6 Å². The molecule has 92 valence electrons. The average Bonchev–Trinajstić information content (AvgIpc) is 2.52. The van der Waals surface area contributed by atoms with Gasteiger partial charge in [-0.2, -0.15) is 4.73 Å². The molecule has 1 unspecified atom stereocenters. The number of aromatic nitrogens is 1. The number of hydrogen-bond donors (Lipinski definition) is 0. The largest absolute Gasteiger partial charge is 0.618 e. The van der Waals surface area contributed by atoms with Crippen LogP contribution in [-0.2, 0) is 22.4 Å². The summed E-state index contributed by atoms with van der Waals surface area (Å²) in [5, 5.41) is 11.6. The lowest BCUT2D eigenvalue weighted by molar-refractivity contribution is -0.614. The van der Waals surface area contributed by atoms with Crippen LogP contribution in [0.5, 0.6) is 0 Å². The number of rotatable bonds is 2. The Balaban J connectivity index is 2.20. The van der Waals surface area contributed by atoms with Gasteiger partial charge < -0.3 is 9.94 Å². The van der Waals surface area contributed by atoms with Gasteiger partial charge in [0.25, 0.3) is 0 Å². The van der Waals surface area contributed by atoms with Gasteiger partial charge in [-0.1, -0.05) is 0 Å². The van der Waals surface area contributed by atoms with E-state index in [1.165, 1.54) is 6.20 Å². The highest BCUT2D eigenvalue weighted by atomic mass is 16.5. The zero-order valence-corrected chi connectivity index (χ0v) is 10.0. The first kappa shape index (κ1) is 11.9. The molecule has 0 N–H and O–H groups in total. The minimum Gasteiger partial charge on any atom is -0.618 e. The molecule has 1 aromatic heterocycles. The molecule has 17 heavy (non-hydrogen) atoms. The summed E-state index contributed by atoms with van der Waals surface area (Å²) in [5.74, 6) is -0.236. The maximum atomic E-state index is 11.7. The third-order valence-electron chi connectivity index (χ3n) is 3.21. The Bertz CT molecular complexity index is 417. The topological polar surface area (TPSA) is 53.2 Å². The number of esters is 1. The van der Waals surface area contributed by atoms with Gasteiger partial charge in [0.05, 0.1) is 12.5 Å². The molecule has 4 heteroatoms. The average molecular weight is 235 g/mol. The van der Waals surface area contributed by atoms with E-state index in [4.69, 9.17) is 4.74 Å². The van der Waals surface area contributed by atoms with Crippen molar-refractivity contribution in [2.45, 2.75) is 32.6 Å². The van der Waals surface area contributed by atoms with Crippen LogP contribution < -0.4 is 4.73 Å². The van der Waals surface area contributed by atoms with Gasteiger partial charge in [-0.3, -0.25) is 4.79 Å². The summed E-state index contributed by atoms with van der Waals surface area (Å²) in [7, 11) is 0. The molecule has 0 aliphatic heterocycles. The quantitative estimate of drug-likeness (QED) is 0.337. The highest BCUT2D eigenvalue weighted by Gasteiger charge is 2.27. The van der Waals surface area contributed by atoms with Crippen molar-refractivity contribution >= 4 is 5.97 Å². The zero-order valence-electron chi connectivity index (χ0n) is 10.0. The van der Waals surface area contributed by atoms with Crippen LogP contribution in [0.4, 0.5) is 0 Å². The Morgan fingerprint density at radius 1 is 1.65 bits per heavy atom. The van der Waals surface area contributed by atoms with Gasteiger partial charge in [-0.25, -0.2) is 0 Å². The van der Waals surface area contributed by atoms with Crippen molar-refractivity contribution < 1.29 is 14.3 Å². The molecular formula is C13H17NO3. The van der Waals surface area contributed by atoms with Gasteiger partial charge in [0.15, 0.2) is 11.9 Å². The molecule has 4 nitrogen and oxygen atoms in total. The molecule has 1 aliphatic carbocycles. The van der Waals surface area contributed by atoms with Crippen LogP contribution in [0.1, 0.15) is 31.0 Å². The number of nitrogens with zero attached hydrogens (tertiary/aromatic N) is 1. The van der Waals surface area contributed by atoms with E-state index in [2.05, 4.69) is 0 Å². The van der Waals surface area contributed by atoms with Gasteiger partial charge in [0, 0.05) is 18.1 Å². The maximum Gasteiger partial charge on any atom is 0.309 e. The number of carbonyl (C=O) groups is 1. The van der Waals surface area contributed by atoms with E-state index < -0.39 is 0 Å². The summed E-state index contributed by atoms with van der Waals surface area (Å²) in [5.41, 5.74) is 1.79. The highest BCUT2D eigenvalue weighted by molar-refractivity contribution is 5.72. The lowest BCUT2D eigenvalue weighted by atomic mass is 9.98. The summed E-state index contributed by atoms with van der Waals surface area (Å²) < 4.78 is 5.98. The van der Waals surface area contributed by atoms with Gasteiger partial charge >= 0.3 is 5.97 Å². The second-order valence-corrected chi connectivity index (χ2v) is 4.35. The van der Waals surface area contributed by atoms with E-state index in [0.717, 1.165) is 35.3 Å². The van der Waals surface area contributed by atoms with E-state index in [0.29, 0.717) is 13.0 Å². The molecule has 1 heterocycles.